The van der Waals surface area contributed by atoms with Crippen LogP contribution in [0.5, 0.6) is 5.75 Å². The number of esters is 1. The van der Waals surface area contributed by atoms with Gasteiger partial charge in [0.05, 0.1) is 13.7 Å². The maximum atomic E-state index is 12.0. The Hall–Kier alpha value is -2.28. The number of hydrogen-bond donors (Lipinski definition) is 0. The van der Waals surface area contributed by atoms with Crippen molar-refractivity contribution in [3.05, 3.63) is 35.4 Å². The molecule has 0 saturated carbocycles. The van der Waals surface area contributed by atoms with Gasteiger partial charge in [-0.1, -0.05) is 58.1 Å². The minimum absolute atomic E-state index is 0.0158. The first-order chi connectivity index (χ1) is 12.1. The number of unbranched alkanes of at least 4 members (excludes halogenated alkanes) is 4. The maximum absolute atomic E-state index is 12.0. The van der Waals surface area contributed by atoms with Crippen LogP contribution in [0.2, 0.25) is 0 Å². The highest BCUT2D eigenvalue weighted by atomic mass is 16.5. The van der Waals surface area contributed by atoms with Gasteiger partial charge in [-0.2, -0.15) is 5.26 Å². The number of rotatable bonds is 11. The van der Waals surface area contributed by atoms with Gasteiger partial charge in [-0.05, 0) is 36.1 Å². The monoisotopic (exact) mass is 343 g/mol. The number of benzene rings is 1. The first-order valence-corrected chi connectivity index (χ1v) is 8.99. The molecular weight excluding hydrogens is 314 g/mol. The van der Waals surface area contributed by atoms with Crippen LogP contribution in [0.25, 0.3) is 6.08 Å². The molecule has 0 atom stereocenters. The molecule has 0 heterocycles. The Morgan fingerprint density at radius 2 is 1.76 bits per heavy atom. The van der Waals surface area contributed by atoms with E-state index in [0.717, 1.165) is 36.5 Å². The van der Waals surface area contributed by atoms with E-state index in [4.69, 9.17) is 14.7 Å². The lowest BCUT2D eigenvalue weighted by molar-refractivity contribution is -0.138. The highest BCUT2D eigenvalue weighted by Crippen LogP contribution is 2.15. The van der Waals surface area contributed by atoms with E-state index in [2.05, 4.69) is 13.8 Å². The van der Waals surface area contributed by atoms with E-state index in [9.17, 15) is 4.79 Å². The van der Waals surface area contributed by atoms with E-state index in [1.165, 1.54) is 25.3 Å². The molecule has 0 fully saturated rings. The third-order valence-corrected chi connectivity index (χ3v) is 3.93. The third kappa shape index (κ3) is 8.95. The summed E-state index contributed by atoms with van der Waals surface area (Å²) in [6, 6.07) is 9.06. The summed E-state index contributed by atoms with van der Waals surface area (Å²) >= 11 is 0. The molecule has 0 aliphatic heterocycles. The van der Waals surface area contributed by atoms with Crippen LogP contribution in [-0.4, -0.2) is 19.7 Å². The molecule has 1 aromatic carbocycles. The Balaban J connectivity index is 2.31. The normalized spacial score (nSPS) is 11.2. The molecule has 1 rings (SSSR count). The number of methoxy groups -OCH3 is 1. The van der Waals surface area contributed by atoms with Crippen LogP contribution in [0.1, 0.15) is 57.9 Å². The number of ether oxygens (including phenoxy) is 2. The van der Waals surface area contributed by atoms with Crippen molar-refractivity contribution in [2.45, 2.75) is 52.4 Å². The minimum Gasteiger partial charge on any atom is -0.497 e. The summed E-state index contributed by atoms with van der Waals surface area (Å²) in [5.41, 5.74) is 0.779. The largest absolute Gasteiger partial charge is 0.497 e. The lowest BCUT2D eigenvalue weighted by atomic mass is 10.0. The van der Waals surface area contributed by atoms with Crippen LogP contribution < -0.4 is 4.74 Å². The summed E-state index contributed by atoms with van der Waals surface area (Å²) in [7, 11) is 1.59. The van der Waals surface area contributed by atoms with Gasteiger partial charge in [-0.3, -0.25) is 0 Å². The second kappa shape index (κ2) is 12.1. The fourth-order valence-electron chi connectivity index (χ4n) is 2.43. The molecule has 1 aromatic rings. The average molecular weight is 343 g/mol. The second-order valence-corrected chi connectivity index (χ2v) is 6.53. The third-order valence-electron chi connectivity index (χ3n) is 3.93. The summed E-state index contributed by atoms with van der Waals surface area (Å²) in [6.07, 6.45) is 8.36. The van der Waals surface area contributed by atoms with Crippen molar-refractivity contribution < 1.29 is 14.3 Å². The van der Waals surface area contributed by atoms with Crippen molar-refractivity contribution in [1.82, 2.24) is 0 Å². The lowest BCUT2D eigenvalue weighted by Gasteiger charge is -2.06. The van der Waals surface area contributed by atoms with Gasteiger partial charge in [0, 0.05) is 0 Å². The average Bonchev–Trinajstić information content (AvgIpc) is 2.61. The second-order valence-electron chi connectivity index (χ2n) is 6.53. The van der Waals surface area contributed by atoms with Crippen molar-refractivity contribution in [1.29, 1.82) is 5.26 Å². The minimum atomic E-state index is -0.557. The van der Waals surface area contributed by atoms with Gasteiger partial charge in [0.25, 0.3) is 0 Å². The Bertz CT molecular complexity index is 582. The van der Waals surface area contributed by atoms with Crippen molar-refractivity contribution in [3.63, 3.8) is 0 Å². The van der Waals surface area contributed by atoms with Crippen molar-refractivity contribution in [2.75, 3.05) is 13.7 Å². The molecule has 0 aromatic heterocycles. The van der Waals surface area contributed by atoms with Gasteiger partial charge in [0.2, 0.25) is 0 Å². The van der Waals surface area contributed by atoms with Crippen LogP contribution >= 0.6 is 0 Å². The molecule has 0 aliphatic rings. The summed E-state index contributed by atoms with van der Waals surface area (Å²) in [5, 5.41) is 9.16. The Labute approximate surface area is 151 Å². The van der Waals surface area contributed by atoms with E-state index < -0.39 is 5.97 Å². The Kier molecular flexibility index (Phi) is 10.1. The number of carbonyl (C=O) groups excluding carboxylic acids is 1. The van der Waals surface area contributed by atoms with E-state index in [-0.39, 0.29) is 5.57 Å². The number of nitriles is 1. The quantitative estimate of drug-likeness (QED) is 0.241. The fraction of sp³-hybridized carbons (Fsp3) is 0.524. The van der Waals surface area contributed by atoms with Gasteiger partial charge in [0.15, 0.2) is 0 Å². The summed E-state index contributed by atoms with van der Waals surface area (Å²) in [4.78, 5) is 12.0. The zero-order valence-electron chi connectivity index (χ0n) is 15.6. The van der Waals surface area contributed by atoms with Crippen LogP contribution in [0, 0.1) is 17.2 Å². The number of hydrogen-bond acceptors (Lipinski definition) is 4. The van der Waals surface area contributed by atoms with Gasteiger partial charge in [-0.25, -0.2) is 4.79 Å². The van der Waals surface area contributed by atoms with E-state index in [1.807, 2.05) is 6.07 Å². The van der Waals surface area contributed by atoms with Crippen molar-refractivity contribution in [2.24, 2.45) is 5.92 Å². The zero-order chi connectivity index (χ0) is 18.5. The first kappa shape index (κ1) is 20.8. The van der Waals surface area contributed by atoms with Gasteiger partial charge >= 0.3 is 5.97 Å². The molecule has 0 amide bonds. The van der Waals surface area contributed by atoms with Crippen LogP contribution in [0.4, 0.5) is 0 Å². The standard InChI is InChI=1S/C21H29NO3/c1-17(2)9-7-5-4-6-8-14-25-21(23)19(16-22)15-18-10-12-20(24-3)13-11-18/h10-13,15,17H,4-9,14H2,1-3H3. The fourth-order valence-corrected chi connectivity index (χ4v) is 2.43. The SMILES string of the molecule is COc1ccc(C=C(C#N)C(=O)OCCCCCCCC(C)C)cc1. The molecule has 0 bridgehead atoms. The zero-order valence-corrected chi connectivity index (χ0v) is 15.6. The van der Waals surface area contributed by atoms with Crippen molar-refractivity contribution >= 4 is 12.0 Å². The molecule has 4 nitrogen and oxygen atoms in total. The molecule has 0 radical (unpaired) electrons. The van der Waals surface area contributed by atoms with E-state index in [1.54, 1.807) is 31.4 Å². The first-order valence-electron chi connectivity index (χ1n) is 8.99. The molecule has 25 heavy (non-hydrogen) atoms. The van der Waals surface area contributed by atoms with Crippen LogP contribution in [-0.2, 0) is 9.53 Å². The summed E-state index contributed by atoms with van der Waals surface area (Å²) in [6.45, 7) is 4.85. The van der Waals surface area contributed by atoms with E-state index in [0.29, 0.717) is 6.61 Å². The molecule has 0 spiro atoms. The molecule has 136 valence electrons. The molecule has 4 heteroatoms. The molecular formula is C21H29NO3. The lowest BCUT2D eigenvalue weighted by Crippen LogP contribution is -2.08. The molecule has 0 N–H and O–H groups in total. The number of nitrogens with zero attached hydrogens (tertiary/aromatic N) is 1. The Morgan fingerprint density at radius 3 is 2.36 bits per heavy atom. The van der Waals surface area contributed by atoms with E-state index >= 15 is 0 Å². The van der Waals surface area contributed by atoms with Crippen LogP contribution in [0.3, 0.4) is 0 Å². The molecule has 0 saturated heterocycles. The predicted octanol–water partition coefficient (Wildman–Crippen LogP) is 5.14. The van der Waals surface area contributed by atoms with Gasteiger partial charge < -0.3 is 9.47 Å². The number of carbonyl (C=O) groups is 1. The van der Waals surface area contributed by atoms with Gasteiger partial charge in [-0.15, -0.1) is 0 Å². The smallest absolute Gasteiger partial charge is 0.348 e. The summed E-state index contributed by atoms with van der Waals surface area (Å²) < 4.78 is 10.3. The van der Waals surface area contributed by atoms with Crippen LogP contribution in [0.15, 0.2) is 29.8 Å². The Morgan fingerprint density at radius 1 is 1.12 bits per heavy atom. The highest BCUT2D eigenvalue weighted by Gasteiger charge is 2.10. The summed E-state index contributed by atoms with van der Waals surface area (Å²) in [5.74, 6) is 0.938. The van der Waals surface area contributed by atoms with Gasteiger partial charge in [0.1, 0.15) is 17.4 Å². The highest BCUT2D eigenvalue weighted by molar-refractivity contribution is 5.97. The molecule has 0 unspecified atom stereocenters. The topological polar surface area (TPSA) is 59.3 Å². The predicted molar refractivity (Wildman–Crippen MR) is 100 cm³/mol. The maximum Gasteiger partial charge on any atom is 0.348 e. The van der Waals surface area contributed by atoms with Crippen molar-refractivity contribution in [3.8, 4) is 11.8 Å². The molecule has 0 aliphatic carbocycles.